The van der Waals surface area contributed by atoms with Crippen molar-refractivity contribution in [2.45, 2.75) is 19.5 Å². The van der Waals surface area contributed by atoms with E-state index in [1.807, 2.05) is 60.3 Å². The molecule has 2 aromatic rings. The predicted molar refractivity (Wildman–Crippen MR) is 105 cm³/mol. The van der Waals surface area contributed by atoms with Crippen molar-refractivity contribution < 1.29 is 4.79 Å². The molecule has 0 bridgehead atoms. The Morgan fingerprint density at radius 1 is 1.19 bits per heavy atom. The third-order valence-electron chi connectivity index (χ3n) is 4.47. The van der Waals surface area contributed by atoms with Gasteiger partial charge in [-0.15, -0.1) is 0 Å². The maximum absolute atomic E-state index is 12.9. The molecule has 1 aromatic heterocycles. The van der Waals surface area contributed by atoms with Gasteiger partial charge in [-0.2, -0.15) is 0 Å². The topological polar surface area (TPSA) is 48.5 Å². The maximum Gasteiger partial charge on any atom is 0.250 e. The van der Waals surface area contributed by atoms with Crippen LogP contribution in [0.5, 0.6) is 0 Å². The summed E-state index contributed by atoms with van der Waals surface area (Å²) in [4.78, 5) is 21.2. The SMILES string of the molecule is CN(C)C/C=C/C(=O)N(CCc1ccccn1)c1cccc2c1CNC2. The Morgan fingerprint density at radius 2 is 2.08 bits per heavy atom. The van der Waals surface area contributed by atoms with Crippen molar-refractivity contribution in [2.24, 2.45) is 0 Å². The quantitative estimate of drug-likeness (QED) is 0.779. The summed E-state index contributed by atoms with van der Waals surface area (Å²) in [6.07, 6.45) is 6.12. The number of carbonyl (C=O) groups excluding carboxylic acids is 1. The number of benzene rings is 1. The minimum Gasteiger partial charge on any atom is -0.309 e. The van der Waals surface area contributed by atoms with Gasteiger partial charge >= 0.3 is 0 Å². The van der Waals surface area contributed by atoms with Crippen LogP contribution in [0, 0.1) is 0 Å². The van der Waals surface area contributed by atoms with Crippen LogP contribution in [0.3, 0.4) is 0 Å². The lowest BCUT2D eigenvalue weighted by molar-refractivity contribution is -0.114. The second-order valence-electron chi connectivity index (χ2n) is 6.74. The van der Waals surface area contributed by atoms with Crippen molar-refractivity contribution in [3.05, 3.63) is 71.6 Å². The van der Waals surface area contributed by atoms with E-state index in [0.29, 0.717) is 6.54 Å². The van der Waals surface area contributed by atoms with Crippen LogP contribution in [-0.2, 0) is 24.3 Å². The first-order chi connectivity index (χ1) is 12.6. The number of anilines is 1. The molecule has 3 rings (SSSR count). The molecule has 0 radical (unpaired) electrons. The van der Waals surface area contributed by atoms with Crippen LogP contribution >= 0.6 is 0 Å². The molecule has 0 unspecified atom stereocenters. The van der Waals surface area contributed by atoms with Gasteiger partial charge < -0.3 is 15.1 Å². The van der Waals surface area contributed by atoms with Gasteiger partial charge in [-0.25, -0.2) is 0 Å². The first-order valence-corrected chi connectivity index (χ1v) is 8.99. The molecule has 0 spiro atoms. The number of amides is 1. The zero-order chi connectivity index (χ0) is 18.4. The van der Waals surface area contributed by atoms with Gasteiger partial charge in [0.1, 0.15) is 0 Å². The van der Waals surface area contributed by atoms with Gasteiger partial charge in [0.25, 0.3) is 5.91 Å². The number of likely N-dealkylation sites (N-methyl/N-ethyl adjacent to an activating group) is 1. The molecular weight excluding hydrogens is 324 g/mol. The lowest BCUT2D eigenvalue weighted by Gasteiger charge is -2.24. The van der Waals surface area contributed by atoms with E-state index in [9.17, 15) is 4.79 Å². The van der Waals surface area contributed by atoms with Gasteiger partial charge in [0.2, 0.25) is 0 Å². The maximum atomic E-state index is 12.9. The van der Waals surface area contributed by atoms with Crippen molar-refractivity contribution >= 4 is 11.6 Å². The Bertz CT molecular complexity index is 771. The summed E-state index contributed by atoms with van der Waals surface area (Å²) < 4.78 is 0. The fourth-order valence-corrected chi connectivity index (χ4v) is 3.14. The predicted octanol–water partition coefficient (Wildman–Crippen LogP) is 2.38. The van der Waals surface area contributed by atoms with Crippen molar-refractivity contribution in [2.75, 3.05) is 32.1 Å². The van der Waals surface area contributed by atoms with Crippen molar-refractivity contribution in [3.8, 4) is 0 Å². The van der Waals surface area contributed by atoms with Crippen LogP contribution in [0.4, 0.5) is 5.69 Å². The van der Waals surface area contributed by atoms with Crippen LogP contribution in [0.1, 0.15) is 16.8 Å². The van der Waals surface area contributed by atoms with E-state index >= 15 is 0 Å². The zero-order valence-electron chi connectivity index (χ0n) is 15.5. The largest absolute Gasteiger partial charge is 0.309 e. The van der Waals surface area contributed by atoms with Gasteiger partial charge in [0.05, 0.1) is 0 Å². The average molecular weight is 350 g/mol. The Balaban J connectivity index is 1.83. The van der Waals surface area contributed by atoms with Crippen molar-refractivity contribution in [3.63, 3.8) is 0 Å². The van der Waals surface area contributed by atoms with Crippen molar-refractivity contribution in [1.82, 2.24) is 15.2 Å². The van der Waals surface area contributed by atoms with Gasteiger partial charge in [-0.1, -0.05) is 24.3 Å². The molecule has 0 atom stereocenters. The second kappa shape index (κ2) is 8.74. The van der Waals surface area contributed by atoms with E-state index in [2.05, 4.69) is 16.4 Å². The molecule has 0 saturated carbocycles. The molecule has 2 heterocycles. The Labute approximate surface area is 155 Å². The molecular formula is C21H26N4O. The summed E-state index contributed by atoms with van der Waals surface area (Å²) in [6, 6.07) is 12.1. The van der Waals surface area contributed by atoms with Gasteiger partial charge in [-0.3, -0.25) is 9.78 Å². The van der Waals surface area contributed by atoms with Crippen LogP contribution in [0.25, 0.3) is 0 Å². The summed E-state index contributed by atoms with van der Waals surface area (Å²) in [5.41, 5.74) is 4.49. The molecule has 5 nitrogen and oxygen atoms in total. The molecule has 26 heavy (non-hydrogen) atoms. The Hall–Kier alpha value is -2.50. The van der Waals surface area contributed by atoms with Gasteiger partial charge in [0.15, 0.2) is 0 Å². The highest BCUT2D eigenvalue weighted by molar-refractivity contribution is 6.02. The average Bonchev–Trinajstić information content (AvgIpc) is 3.12. The highest BCUT2D eigenvalue weighted by atomic mass is 16.2. The summed E-state index contributed by atoms with van der Waals surface area (Å²) in [5.74, 6) is 0.0167. The van der Waals surface area contributed by atoms with Gasteiger partial charge in [0, 0.05) is 56.3 Å². The van der Waals surface area contributed by atoms with E-state index in [0.717, 1.165) is 37.4 Å². The second-order valence-corrected chi connectivity index (χ2v) is 6.74. The smallest absolute Gasteiger partial charge is 0.250 e. The molecule has 1 aliphatic heterocycles. The van der Waals surface area contributed by atoms with Crippen LogP contribution in [0.15, 0.2) is 54.7 Å². The van der Waals surface area contributed by atoms with Crippen LogP contribution in [0.2, 0.25) is 0 Å². The fourth-order valence-electron chi connectivity index (χ4n) is 3.14. The minimum atomic E-state index is 0.0167. The van der Waals surface area contributed by atoms with Crippen LogP contribution < -0.4 is 10.2 Å². The highest BCUT2D eigenvalue weighted by Gasteiger charge is 2.21. The highest BCUT2D eigenvalue weighted by Crippen LogP contribution is 2.28. The molecule has 0 aliphatic carbocycles. The number of aromatic nitrogens is 1. The van der Waals surface area contributed by atoms with Crippen LogP contribution in [-0.4, -0.2) is 43.0 Å². The number of nitrogens with zero attached hydrogens (tertiary/aromatic N) is 3. The van der Waals surface area contributed by atoms with E-state index in [1.165, 1.54) is 11.1 Å². The summed E-state index contributed by atoms with van der Waals surface area (Å²) in [6.45, 7) is 3.02. The number of nitrogens with one attached hydrogen (secondary N) is 1. The third-order valence-corrected chi connectivity index (χ3v) is 4.47. The molecule has 0 fully saturated rings. The molecule has 1 aliphatic rings. The molecule has 1 amide bonds. The first-order valence-electron chi connectivity index (χ1n) is 8.99. The minimum absolute atomic E-state index is 0.0167. The molecule has 0 saturated heterocycles. The van der Waals surface area contributed by atoms with E-state index < -0.39 is 0 Å². The Kier molecular flexibility index (Phi) is 6.15. The fraction of sp³-hybridized carbons (Fsp3) is 0.333. The molecule has 1 N–H and O–H groups in total. The van der Waals surface area contributed by atoms with Crippen molar-refractivity contribution in [1.29, 1.82) is 0 Å². The number of carbonyl (C=O) groups is 1. The lowest BCUT2D eigenvalue weighted by Crippen LogP contribution is -2.32. The van der Waals surface area contributed by atoms with E-state index in [1.54, 1.807) is 12.3 Å². The number of rotatable bonds is 7. The Morgan fingerprint density at radius 3 is 2.85 bits per heavy atom. The normalized spacial score (nSPS) is 13.3. The molecule has 5 heteroatoms. The zero-order valence-corrected chi connectivity index (χ0v) is 15.5. The third kappa shape index (κ3) is 4.56. The molecule has 1 aromatic carbocycles. The lowest BCUT2D eigenvalue weighted by atomic mass is 10.1. The number of fused-ring (bicyclic) bond motifs is 1. The number of hydrogen-bond donors (Lipinski definition) is 1. The van der Waals surface area contributed by atoms with E-state index in [-0.39, 0.29) is 5.91 Å². The standard InChI is InChI=1S/C21H26N4O/c1-24(2)13-6-10-21(26)25(14-11-18-8-3-4-12-23-18)20-9-5-7-17-15-22-16-19(17)20/h3-10,12,22H,11,13-16H2,1-2H3/b10-6+. The monoisotopic (exact) mass is 350 g/mol. The van der Waals surface area contributed by atoms with E-state index in [4.69, 9.17) is 0 Å². The number of pyridine rings is 1. The number of hydrogen-bond acceptors (Lipinski definition) is 4. The first kappa shape index (κ1) is 18.3. The molecule has 136 valence electrons. The van der Waals surface area contributed by atoms with Gasteiger partial charge in [-0.05, 0) is 43.4 Å². The summed E-state index contributed by atoms with van der Waals surface area (Å²) >= 11 is 0. The summed E-state index contributed by atoms with van der Waals surface area (Å²) in [7, 11) is 3.98. The summed E-state index contributed by atoms with van der Waals surface area (Å²) in [5, 5.41) is 3.38.